The maximum atomic E-state index is 9.46. The molecular formula is C20H28N2O2. The molecule has 0 bridgehead atoms. The largest absolute Gasteiger partial charge is 0.465 e. The third kappa shape index (κ3) is 4.26. The van der Waals surface area contributed by atoms with Gasteiger partial charge in [-0.05, 0) is 43.5 Å². The Balaban J connectivity index is 1.63. The lowest BCUT2D eigenvalue weighted by Crippen LogP contribution is -2.52. The molecule has 1 saturated heterocycles. The minimum atomic E-state index is 0.233. The Kier molecular flexibility index (Phi) is 5.72. The second-order valence-corrected chi connectivity index (χ2v) is 6.81. The highest BCUT2D eigenvalue weighted by atomic mass is 16.3. The van der Waals surface area contributed by atoms with Crippen LogP contribution in [0.3, 0.4) is 0 Å². The molecule has 4 heteroatoms. The van der Waals surface area contributed by atoms with Crippen LogP contribution in [0.1, 0.15) is 29.1 Å². The maximum Gasteiger partial charge on any atom is 0.118 e. The van der Waals surface area contributed by atoms with Gasteiger partial charge in [-0.25, -0.2) is 0 Å². The number of piperazine rings is 1. The Labute approximate surface area is 144 Å². The monoisotopic (exact) mass is 328 g/mol. The van der Waals surface area contributed by atoms with Gasteiger partial charge >= 0.3 is 0 Å². The fraction of sp³-hybridized carbons (Fsp3) is 0.500. The van der Waals surface area contributed by atoms with Gasteiger partial charge in [0.2, 0.25) is 0 Å². The predicted molar refractivity (Wildman–Crippen MR) is 95.8 cm³/mol. The van der Waals surface area contributed by atoms with Crippen molar-refractivity contribution in [1.82, 2.24) is 9.80 Å². The van der Waals surface area contributed by atoms with E-state index in [-0.39, 0.29) is 6.61 Å². The van der Waals surface area contributed by atoms with Gasteiger partial charge in [-0.1, -0.05) is 24.3 Å². The van der Waals surface area contributed by atoms with Gasteiger partial charge in [0.25, 0.3) is 0 Å². The SMILES string of the molecule is Cc1ccc(CN2CCN(Cc3ccccc3C)CC2CCO)o1. The van der Waals surface area contributed by atoms with Crippen LogP contribution < -0.4 is 0 Å². The fourth-order valence-electron chi connectivity index (χ4n) is 3.53. The Hall–Kier alpha value is -1.62. The van der Waals surface area contributed by atoms with Crippen LogP contribution in [-0.4, -0.2) is 47.2 Å². The lowest BCUT2D eigenvalue weighted by molar-refractivity contribution is 0.0453. The number of aliphatic hydroxyl groups is 1. The first-order chi connectivity index (χ1) is 11.7. The average molecular weight is 328 g/mol. The molecule has 1 fully saturated rings. The van der Waals surface area contributed by atoms with Crippen molar-refractivity contribution in [2.24, 2.45) is 0 Å². The van der Waals surface area contributed by atoms with E-state index >= 15 is 0 Å². The summed E-state index contributed by atoms with van der Waals surface area (Å²) < 4.78 is 5.73. The number of nitrogens with zero attached hydrogens (tertiary/aromatic N) is 2. The molecule has 0 radical (unpaired) electrons. The highest BCUT2D eigenvalue weighted by Gasteiger charge is 2.27. The zero-order valence-electron chi connectivity index (χ0n) is 14.7. The number of hydrogen-bond donors (Lipinski definition) is 1. The highest BCUT2D eigenvalue weighted by molar-refractivity contribution is 5.25. The Morgan fingerprint density at radius 1 is 1.08 bits per heavy atom. The third-order valence-corrected chi connectivity index (χ3v) is 4.96. The number of aryl methyl sites for hydroxylation is 2. The van der Waals surface area contributed by atoms with Crippen molar-refractivity contribution in [3.05, 3.63) is 59.0 Å². The normalized spacial score (nSPS) is 19.7. The van der Waals surface area contributed by atoms with Crippen LogP contribution in [-0.2, 0) is 13.1 Å². The van der Waals surface area contributed by atoms with E-state index in [0.29, 0.717) is 6.04 Å². The zero-order valence-corrected chi connectivity index (χ0v) is 14.7. The molecule has 1 N–H and O–H groups in total. The summed E-state index contributed by atoms with van der Waals surface area (Å²) in [5.74, 6) is 1.98. The lowest BCUT2D eigenvalue weighted by Gasteiger charge is -2.41. The topological polar surface area (TPSA) is 39.9 Å². The van der Waals surface area contributed by atoms with Gasteiger partial charge in [0.15, 0.2) is 0 Å². The molecule has 1 unspecified atom stereocenters. The second-order valence-electron chi connectivity index (χ2n) is 6.81. The molecule has 24 heavy (non-hydrogen) atoms. The number of rotatable bonds is 6. The Morgan fingerprint density at radius 2 is 1.92 bits per heavy atom. The van der Waals surface area contributed by atoms with E-state index in [9.17, 15) is 5.11 Å². The molecule has 0 spiro atoms. The first-order valence-electron chi connectivity index (χ1n) is 8.83. The van der Waals surface area contributed by atoms with Gasteiger partial charge in [0.1, 0.15) is 11.5 Å². The van der Waals surface area contributed by atoms with Crippen molar-refractivity contribution in [3.63, 3.8) is 0 Å². The van der Waals surface area contributed by atoms with Crippen LogP contribution in [0, 0.1) is 13.8 Å². The van der Waals surface area contributed by atoms with Crippen molar-refractivity contribution in [2.45, 2.75) is 39.4 Å². The van der Waals surface area contributed by atoms with Crippen LogP contribution in [0.5, 0.6) is 0 Å². The smallest absolute Gasteiger partial charge is 0.118 e. The van der Waals surface area contributed by atoms with E-state index in [1.165, 1.54) is 11.1 Å². The summed E-state index contributed by atoms with van der Waals surface area (Å²) >= 11 is 0. The molecule has 3 rings (SSSR count). The van der Waals surface area contributed by atoms with Crippen molar-refractivity contribution in [1.29, 1.82) is 0 Å². The molecular weight excluding hydrogens is 300 g/mol. The van der Waals surface area contributed by atoms with E-state index in [2.05, 4.69) is 47.1 Å². The molecule has 130 valence electrons. The van der Waals surface area contributed by atoms with E-state index in [4.69, 9.17) is 4.42 Å². The Bertz CT molecular complexity index is 653. The van der Waals surface area contributed by atoms with Crippen molar-refractivity contribution in [3.8, 4) is 0 Å². The van der Waals surface area contributed by atoms with Crippen molar-refractivity contribution < 1.29 is 9.52 Å². The van der Waals surface area contributed by atoms with Crippen LogP contribution in [0.15, 0.2) is 40.8 Å². The summed E-state index contributed by atoms with van der Waals surface area (Å²) in [6, 6.07) is 13.1. The first-order valence-corrected chi connectivity index (χ1v) is 8.83. The van der Waals surface area contributed by atoms with Crippen LogP contribution >= 0.6 is 0 Å². The lowest BCUT2D eigenvalue weighted by atomic mass is 10.1. The third-order valence-electron chi connectivity index (χ3n) is 4.96. The quantitative estimate of drug-likeness (QED) is 0.885. The summed E-state index contributed by atoms with van der Waals surface area (Å²) in [5, 5.41) is 9.46. The minimum Gasteiger partial charge on any atom is -0.465 e. The standard InChI is InChI=1S/C20H28N2O2/c1-16-5-3-4-6-18(16)13-21-10-11-22(19(14-21)9-12-23)15-20-8-7-17(2)24-20/h3-8,19,23H,9-15H2,1-2H3. The first kappa shape index (κ1) is 17.2. The van der Waals surface area contributed by atoms with E-state index < -0.39 is 0 Å². The summed E-state index contributed by atoms with van der Waals surface area (Å²) in [5.41, 5.74) is 2.75. The van der Waals surface area contributed by atoms with Gasteiger partial charge in [0, 0.05) is 38.8 Å². The predicted octanol–water partition coefficient (Wildman–Crippen LogP) is 2.97. The fourth-order valence-corrected chi connectivity index (χ4v) is 3.53. The van der Waals surface area contributed by atoms with Crippen LogP contribution in [0.4, 0.5) is 0 Å². The summed E-state index contributed by atoms with van der Waals surface area (Å²) in [6.07, 6.45) is 0.809. The summed E-state index contributed by atoms with van der Waals surface area (Å²) in [4.78, 5) is 4.95. The van der Waals surface area contributed by atoms with Gasteiger partial charge in [0.05, 0.1) is 6.54 Å². The number of furan rings is 1. The molecule has 1 aromatic carbocycles. The molecule has 2 aromatic rings. The van der Waals surface area contributed by atoms with Crippen LogP contribution in [0.25, 0.3) is 0 Å². The number of aliphatic hydroxyl groups excluding tert-OH is 1. The molecule has 0 aliphatic carbocycles. The second kappa shape index (κ2) is 7.97. The Morgan fingerprint density at radius 3 is 2.62 bits per heavy atom. The van der Waals surface area contributed by atoms with Crippen LogP contribution in [0.2, 0.25) is 0 Å². The van der Waals surface area contributed by atoms with Gasteiger partial charge in [-0.15, -0.1) is 0 Å². The summed E-state index contributed by atoms with van der Waals surface area (Å²) in [7, 11) is 0. The minimum absolute atomic E-state index is 0.233. The van der Waals surface area contributed by atoms with E-state index in [0.717, 1.165) is 50.7 Å². The highest BCUT2D eigenvalue weighted by Crippen LogP contribution is 2.20. The maximum absolute atomic E-state index is 9.46. The zero-order chi connectivity index (χ0) is 16.9. The van der Waals surface area contributed by atoms with E-state index in [1.54, 1.807) is 0 Å². The molecule has 4 nitrogen and oxygen atoms in total. The van der Waals surface area contributed by atoms with Gasteiger partial charge in [-0.2, -0.15) is 0 Å². The molecule has 1 aromatic heterocycles. The molecule has 2 heterocycles. The number of hydrogen-bond acceptors (Lipinski definition) is 4. The van der Waals surface area contributed by atoms with E-state index in [1.807, 2.05) is 13.0 Å². The van der Waals surface area contributed by atoms with Gasteiger partial charge < -0.3 is 9.52 Å². The molecule has 1 aliphatic rings. The number of benzene rings is 1. The van der Waals surface area contributed by atoms with Gasteiger partial charge in [-0.3, -0.25) is 9.80 Å². The molecule has 0 saturated carbocycles. The van der Waals surface area contributed by atoms with Crippen molar-refractivity contribution >= 4 is 0 Å². The molecule has 0 amide bonds. The molecule has 1 atom stereocenters. The molecule has 1 aliphatic heterocycles. The van der Waals surface area contributed by atoms with Crippen molar-refractivity contribution in [2.75, 3.05) is 26.2 Å². The average Bonchev–Trinajstić information content (AvgIpc) is 2.97. The summed E-state index contributed by atoms with van der Waals surface area (Å²) in [6.45, 7) is 9.27.